The van der Waals surface area contributed by atoms with Gasteiger partial charge >= 0.3 is 0 Å². The highest BCUT2D eigenvalue weighted by Crippen LogP contribution is 2.24. The molecule has 1 aromatic carbocycles. The van der Waals surface area contributed by atoms with Crippen molar-refractivity contribution in [3.05, 3.63) is 51.4 Å². The minimum Gasteiger partial charge on any atom is -0.506 e. The maximum atomic E-state index is 12.0. The molecule has 0 bridgehead atoms. The number of anilines is 1. The van der Waals surface area contributed by atoms with Crippen LogP contribution < -0.4 is 5.32 Å². The quantitative estimate of drug-likeness (QED) is 0.644. The van der Waals surface area contributed by atoms with Gasteiger partial charge < -0.3 is 10.4 Å². The summed E-state index contributed by atoms with van der Waals surface area (Å²) in [5, 5.41) is 12.4. The van der Waals surface area contributed by atoms with E-state index in [0.29, 0.717) is 11.3 Å². The van der Waals surface area contributed by atoms with E-state index in [1.165, 1.54) is 0 Å². The van der Waals surface area contributed by atoms with Crippen LogP contribution in [0.2, 0.25) is 0 Å². The third-order valence-electron chi connectivity index (χ3n) is 2.42. The molecular formula is C13H11IN2O2. The van der Waals surface area contributed by atoms with Crippen molar-refractivity contribution >= 4 is 34.2 Å². The van der Waals surface area contributed by atoms with Gasteiger partial charge in [0, 0.05) is 16.0 Å². The lowest BCUT2D eigenvalue weighted by Gasteiger charge is -2.09. The molecule has 92 valence electrons. The lowest BCUT2D eigenvalue weighted by Crippen LogP contribution is -2.13. The fraction of sp³-hybridized carbons (Fsp3) is 0.0769. The van der Waals surface area contributed by atoms with Gasteiger partial charge in [-0.3, -0.25) is 9.78 Å². The number of hydrogen-bond acceptors (Lipinski definition) is 3. The van der Waals surface area contributed by atoms with Gasteiger partial charge in [-0.25, -0.2) is 0 Å². The first kappa shape index (κ1) is 12.8. The number of pyridine rings is 1. The second-order valence-corrected chi connectivity index (χ2v) is 4.99. The van der Waals surface area contributed by atoms with Crippen LogP contribution in [0.25, 0.3) is 0 Å². The number of phenolic OH excluding ortho intramolecular Hbond substituents is 1. The Hall–Kier alpha value is -1.63. The number of carbonyl (C=O) groups is 1. The average molecular weight is 354 g/mol. The van der Waals surface area contributed by atoms with Gasteiger partial charge in [0.15, 0.2) is 0 Å². The Morgan fingerprint density at radius 3 is 2.89 bits per heavy atom. The zero-order valence-corrected chi connectivity index (χ0v) is 11.8. The van der Waals surface area contributed by atoms with Gasteiger partial charge in [-0.15, -0.1) is 0 Å². The van der Waals surface area contributed by atoms with Gasteiger partial charge in [-0.1, -0.05) is 6.07 Å². The third kappa shape index (κ3) is 2.79. The fourth-order valence-corrected chi connectivity index (χ4v) is 2.08. The first-order chi connectivity index (χ1) is 8.58. The predicted molar refractivity (Wildman–Crippen MR) is 77.8 cm³/mol. The second kappa shape index (κ2) is 5.34. The van der Waals surface area contributed by atoms with Crippen molar-refractivity contribution in [3.8, 4) is 5.75 Å². The Labute approximate surface area is 118 Å². The van der Waals surface area contributed by atoms with Crippen molar-refractivity contribution in [1.82, 2.24) is 4.98 Å². The van der Waals surface area contributed by atoms with Crippen molar-refractivity contribution < 1.29 is 9.90 Å². The van der Waals surface area contributed by atoms with Crippen LogP contribution >= 0.6 is 22.6 Å². The number of benzene rings is 1. The Morgan fingerprint density at radius 1 is 1.39 bits per heavy atom. The molecule has 0 saturated heterocycles. The summed E-state index contributed by atoms with van der Waals surface area (Å²) >= 11 is 2.05. The molecule has 0 aliphatic heterocycles. The smallest absolute Gasteiger partial charge is 0.256 e. The van der Waals surface area contributed by atoms with Gasteiger partial charge in [-0.05, 0) is 53.3 Å². The standard InChI is InChI=1S/C13H11IN2O2/c1-8-2-3-12(17)11(6-8)16-13(18)9-4-5-15-7-10(9)14/h2-7,17H,1H3,(H,16,18). The van der Waals surface area contributed by atoms with Gasteiger partial charge in [0.25, 0.3) is 5.91 Å². The van der Waals surface area contributed by atoms with Gasteiger partial charge in [-0.2, -0.15) is 0 Å². The van der Waals surface area contributed by atoms with Crippen LogP contribution in [0.4, 0.5) is 5.69 Å². The number of phenols is 1. The maximum Gasteiger partial charge on any atom is 0.256 e. The van der Waals surface area contributed by atoms with Crippen LogP contribution in [0.1, 0.15) is 15.9 Å². The normalized spacial score (nSPS) is 10.1. The number of aryl methyl sites for hydroxylation is 1. The van der Waals surface area contributed by atoms with Crippen molar-refractivity contribution in [2.24, 2.45) is 0 Å². The van der Waals surface area contributed by atoms with Crippen LogP contribution in [0.5, 0.6) is 5.75 Å². The number of nitrogens with zero attached hydrogens (tertiary/aromatic N) is 1. The molecule has 1 aromatic heterocycles. The van der Waals surface area contributed by atoms with Crippen LogP contribution in [0.3, 0.4) is 0 Å². The van der Waals surface area contributed by atoms with E-state index in [1.54, 1.807) is 36.7 Å². The van der Waals surface area contributed by atoms with E-state index >= 15 is 0 Å². The molecule has 0 aliphatic rings. The number of nitrogens with one attached hydrogen (secondary N) is 1. The van der Waals surface area contributed by atoms with Gasteiger partial charge in [0.2, 0.25) is 0 Å². The summed E-state index contributed by atoms with van der Waals surface area (Å²) in [6.45, 7) is 1.89. The summed E-state index contributed by atoms with van der Waals surface area (Å²) in [6.07, 6.45) is 3.18. The van der Waals surface area contributed by atoms with Crippen LogP contribution in [0.15, 0.2) is 36.7 Å². The third-order valence-corrected chi connectivity index (χ3v) is 3.28. The van der Waals surface area contributed by atoms with Crippen molar-refractivity contribution in [2.45, 2.75) is 6.92 Å². The van der Waals surface area contributed by atoms with Crippen LogP contribution in [0, 0.1) is 10.5 Å². The number of amides is 1. The van der Waals surface area contributed by atoms with E-state index in [4.69, 9.17) is 0 Å². The van der Waals surface area contributed by atoms with Crippen molar-refractivity contribution in [1.29, 1.82) is 0 Å². The van der Waals surface area contributed by atoms with Crippen LogP contribution in [-0.4, -0.2) is 16.0 Å². The number of halogens is 1. The van der Waals surface area contributed by atoms with Crippen LogP contribution in [-0.2, 0) is 0 Å². The molecule has 1 amide bonds. The Kier molecular flexibility index (Phi) is 3.81. The molecular weight excluding hydrogens is 343 g/mol. The molecule has 0 unspecified atom stereocenters. The van der Waals surface area contributed by atoms with Gasteiger partial charge in [0.1, 0.15) is 5.75 Å². The Morgan fingerprint density at radius 2 is 2.17 bits per heavy atom. The van der Waals surface area contributed by atoms with Crippen molar-refractivity contribution in [3.63, 3.8) is 0 Å². The number of aromatic hydroxyl groups is 1. The van der Waals surface area contributed by atoms with E-state index in [2.05, 4.69) is 10.3 Å². The Bertz CT molecular complexity index is 599. The Balaban J connectivity index is 2.27. The predicted octanol–water partition coefficient (Wildman–Crippen LogP) is 2.95. The molecule has 0 spiro atoms. The summed E-state index contributed by atoms with van der Waals surface area (Å²) in [5.74, 6) is -0.208. The molecule has 2 rings (SSSR count). The van der Waals surface area contributed by atoms with E-state index in [1.807, 2.05) is 29.5 Å². The molecule has 0 atom stereocenters. The molecule has 0 radical (unpaired) electrons. The molecule has 0 saturated carbocycles. The molecule has 2 aromatic rings. The first-order valence-electron chi connectivity index (χ1n) is 5.28. The van der Waals surface area contributed by atoms with E-state index < -0.39 is 0 Å². The number of aromatic nitrogens is 1. The van der Waals surface area contributed by atoms with E-state index in [9.17, 15) is 9.90 Å². The van der Waals surface area contributed by atoms with E-state index in [0.717, 1.165) is 9.13 Å². The number of rotatable bonds is 2. The highest BCUT2D eigenvalue weighted by atomic mass is 127. The summed E-state index contributed by atoms with van der Waals surface area (Å²) in [7, 11) is 0. The minimum absolute atomic E-state index is 0.0537. The summed E-state index contributed by atoms with van der Waals surface area (Å²) in [5.41, 5.74) is 1.91. The summed E-state index contributed by atoms with van der Waals surface area (Å²) < 4.78 is 0.764. The number of hydrogen-bond donors (Lipinski definition) is 2. The molecule has 4 nitrogen and oxygen atoms in total. The fourth-order valence-electron chi connectivity index (χ4n) is 1.50. The maximum absolute atomic E-state index is 12.0. The van der Waals surface area contributed by atoms with E-state index in [-0.39, 0.29) is 11.7 Å². The second-order valence-electron chi connectivity index (χ2n) is 3.83. The molecule has 5 heteroatoms. The van der Waals surface area contributed by atoms with Gasteiger partial charge in [0.05, 0.1) is 11.3 Å². The minimum atomic E-state index is -0.261. The highest BCUT2D eigenvalue weighted by Gasteiger charge is 2.11. The average Bonchev–Trinajstić information content (AvgIpc) is 2.34. The first-order valence-corrected chi connectivity index (χ1v) is 6.36. The molecule has 1 heterocycles. The molecule has 2 N–H and O–H groups in total. The SMILES string of the molecule is Cc1ccc(O)c(NC(=O)c2ccncc2I)c1. The summed E-state index contributed by atoms with van der Waals surface area (Å²) in [4.78, 5) is 16.0. The lowest BCUT2D eigenvalue weighted by atomic mass is 10.2. The summed E-state index contributed by atoms with van der Waals surface area (Å²) in [6, 6.07) is 6.70. The zero-order valence-electron chi connectivity index (χ0n) is 9.64. The lowest BCUT2D eigenvalue weighted by molar-refractivity contribution is 0.102. The number of carbonyl (C=O) groups excluding carboxylic acids is 1. The monoisotopic (exact) mass is 354 g/mol. The highest BCUT2D eigenvalue weighted by molar-refractivity contribution is 14.1. The molecule has 0 aliphatic carbocycles. The largest absolute Gasteiger partial charge is 0.506 e. The van der Waals surface area contributed by atoms with Crippen molar-refractivity contribution in [2.75, 3.05) is 5.32 Å². The molecule has 18 heavy (non-hydrogen) atoms. The zero-order chi connectivity index (χ0) is 13.1. The topological polar surface area (TPSA) is 62.2 Å². The molecule has 0 fully saturated rings.